The molecule has 0 aliphatic rings. The Bertz CT molecular complexity index is 902. The van der Waals surface area contributed by atoms with Crippen molar-refractivity contribution in [2.45, 2.75) is 31.7 Å². The molecule has 2 aromatic heterocycles. The van der Waals surface area contributed by atoms with Gasteiger partial charge in [0, 0.05) is 11.9 Å². The summed E-state index contributed by atoms with van der Waals surface area (Å²) in [6.45, 7) is 6.15. The molecule has 0 unspecified atom stereocenters. The lowest BCUT2D eigenvalue weighted by atomic mass is 10.1. The number of hydrogen-bond donors (Lipinski definition) is 0. The molecule has 0 saturated carbocycles. The minimum atomic E-state index is -0.284. The molecular formula is C17H17N3OS. The summed E-state index contributed by atoms with van der Waals surface area (Å²) < 4.78 is 1.47. The maximum Gasteiger partial charge on any atom is 0.355 e. The van der Waals surface area contributed by atoms with E-state index < -0.39 is 0 Å². The molecule has 0 aliphatic carbocycles. The molecule has 5 heteroatoms. The Balaban J connectivity index is 1.91. The normalized spacial score (nSPS) is 11.0. The molecule has 0 saturated heterocycles. The lowest BCUT2D eigenvalue weighted by Crippen LogP contribution is -2.19. The molecule has 0 spiro atoms. The van der Waals surface area contributed by atoms with Crippen molar-refractivity contribution >= 4 is 17.4 Å². The molecule has 0 amide bonds. The zero-order valence-electron chi connectivity index (χ0n) is 12.8. The fourth-order valence-corrected chi connectivity index (χ4v) is 3.16. The second-order valence-corrected chi connectivity index (χ2v) is 6.38. The number of aryl methyl sites for hydroxylation is 3. The number of benzene rings is 1. The highest BCUT2D eigenvalue weighted by molar-refractivity contribution is 7.98. The molecule has 0 radical (unpaired) electrons. The lowest BCUT2D eigenvalue weighted by molar-refractivity contribution is 0.845. The van der Waals surface area contributed by atoms with Gasteiger partial charge < -0.3 is 0 Å². The number of pyridine rings is 1. The van der Waals surface area contributed by atoms with Gasteiger partial charge in [-0.1, -0.05) is 35.5 Å². The monoisotopic (exact) mass is 311 g/mol. The Labute approximate surface area is 133 Å². The summed E-state index contributed by atoms with van der Waals surface area (Å²) in [5.74, 6) is 0.759. The summed E-state index contributed by atoms with van der Waals surface area (Å²) in [6, 6.07) is 10.2. The van der Waals surface area contributed by atoms with E-state index in [9.17, 15) is 4.79 Å². The Morgan fingerprint density at radius 2 is 1.82 bits per heavy atom. The van der Waals surface area contributed by atoms with Crippen molar-refractivity contribution in [3.8, 4) is 0 Å². The van der Waals surface area contributed by atoms with Crippen LogP contribution in [0.15, 0.2) is 46.5 Å². The van der Waals surface area contributed by atoms with Crippen molar-refractivity contribution in [3.63, 3.8) is 0 Å². The van der Waals surface area contributed by atoms with E-state index in [-0.39, 0.29) is 5.69 Å². The van der Waals surface area contributed by atoms with E-state index in [4.69, 9.17) is 0 Å². The first-order valence-electron chi connectivity index (χ1n) is 7.09. The number of thioether (sulfide) groups is 1. The van der Waals surface area contributed by atoms with E-state index in [1.165, 1.54) is 32.9 Å². The fraction of sp³-hybridized carbons (Fsp3) is 0.235. The second kappa shape index (κ2) is 5.93. The van der Waals surface area contributed by atoms with Crippen LogP contribution in [0.3, 0.4) is 0 Å². The van der Waals surface area contributed by atoms with Gasteiger partial charge in [0.25, 0.3) is 0 Å². The van der Waals surface area contributed by atoms with Crippen molar-refractivity contribution in [1.29, 1.82) is 0 Å². The zero-order valence-corrected chi connectivity index (χ0v) is 13.6. The molecule has 0 bridgehead atoms. The maximum atomic E-state index is 12.0. The lowest BCUT2D eigenvalue weighted by Gasteiger charge is -2.07. The largest absolute Gasteiger partial charge is 0.355 e. The van der Waals surface area contributed by atoms with Crippen LogP contribution in [0.1, 0.15) is 22.3 Å². The highest BCUT2D eigenvalue weighted by atomic mass is 32.2. The summed E-state index contributed by atoms with van der Waals surface area (Å²) >= 11 is 1.50. The van der Waals surface area contributed by atoms with Crippen LogP contribution >= 0.6 is 11.8 Å². The Hall–Kier alpha value is -2.14. The third kappa shape index (κ3) is 3.04. The van der Waals surface area contributed by atoms with Crippen LogP contribution in [0.4, 0.5) is 0 Å². The van der Waals surface area contributed by atoms with Crippen LogP contribution in [0.5, 0.6) is 0 Å². The highest BCUT2D eigenvalue weighted by Gasteiger charge is 2.06. The zero-order chi connectivity index (χ0) is 15.7. The standard InChI is InChI=1S/C17H17N3OS/c1-11-4-5-13(3)14(8-11)10-22-16-18-15-9-12(2)6-7-20(15)17(21)19-16/h4-9H,10H2,1-3H3. The van der Waals surface area contributed by atoms with Gasteiger partial charge in [-0.3, -0.25) is 4.40 Å². The summed E-state index contributed by atoms with van der Waals surface area (Å²) in [5, 5.41) is 0.525. The van der Waals surface area contributed by atoms with Gasteiger partial charge in [0.05, 0.1) is 0 Å². The van der Waals surface area contributed by atoms with Crippen LogP contribution in [0, 0.1) is 20.8 Å². The van der Waals surface area contributed by atoms with Crippen LogP contribution in [0.25, 0.3) is 5.65 Å². The minimum absolute atomic E-state index is 0.284. The second-order valence-electron chi connectivity index (χ2n) is 5.44. The average molecular weight is 311 g/mol. The van der Waals surface area contributed by atoms with E-state index in [1.807, 2.05) is 19.1 Å². The quantitative estimate of drug-likeness (QED) is 0.696. The van der Waals surface area contributed by atoms with Crippen LogP contribution in [-0.4, -0.2) is 14.4 Å². The van der Waals surface area contributed by atoms with Gasteiger partial charge >= 0.3 is 5.69 Å². The Morgan fingerprint density at radius 3 is 2.64 bits per heavy atom. The van der Waals surface area contributed by atoms with Crippen LogP contribution in [-0.2, 0) is 5.75 Å². The van der Waals surface area contributed by atoms with Gasteiger partial charge in [-0.25, -0.2) is 9.78 Å². The van der Waals surface area contributed by atoms with Gasteiger partial charge in [0.2, 0.25) is 0 Å². The summed E-state index contributed by atoms with van der Waals surface area (Å²) in [7, 11) is 0. The maximum absolute atomic E-state index is 12.0. The SMILES string of the molecule is Cc1ccc(C)c(CSc2nc(=O)n3ccc(C)cc3n2)c1. The van der Waals surface area contributed by atoms with Crippen LogP contribution in [0.2, 0.25) is 0 Å². The van der Waals surface area contributed by atoms with E-state index in [2.05, 4.69) is 42.0 Å². The van der Waals surface area contributed by atoms with Gasteiger partial charge in [-0.15, -0.1) is 0 Å². The first-order valence-corrected chi connectivity index (χ1v) is 8.07. The van der Waals surface area contributed by atoms with Gasteiger partial charge in [-0.2, -0.15) is 4.98 Å². The first kappa shape index (κ1) is 14.8. The topological polar surface area (TPSA) is 47.3 Å². The van der Waals surface area contributed by atoms with Gasteiger partial charge in [0.1, 0.15) is 5.65 Å². The smallest absolute Gasteiger partial charge is 0.251 e. The fourth-order valence-electron chi connectivity index (χ4n) is 2.26. The van der Waals surface area contributed by atoms with Crippen molar-refractivity contribution in [1.82, 2.24) is 14.4 Å². The molecular weight excluding hydrogens is 294 g/mol. The number of aromatic nitrogens is 3. The molecule has 22 heavy (non-hydrogen) atoms. The summed E-state index contributed by atoms with van der Waals surface area (Å²) in [5.41, 5.74) is 5.15. The summed E-state index contributed by atoms with van der Waals surface area (Å²) in [6.07, 6.45) is 1.71. The minimum Gasteiger partial charge on any atom is -0.251 e. The Morgan fingerprint density at radius 1 is 1.05 bits per heavy atom. The molecule has 0 atom stereocenters. The molecule has 1 aromatic carbocycles. The van der Waals surface area contributed by atoms with E-state index in [0.717, 1.165) is 11.3 Å². The number of hydrogen-bond acceptors (Lipinski definition) is 4. The third-order valence-corrected chi connectivity index (χ3v) is 4.46. The number of nitrogens with zero attached hydrogens (tertiary/aromatic N) is 3. The first-order chi connectivity index (χ1) is 10.5. The molecule has 3 rings (SSSR count). The van der Waals surface area contributed by atoms with E-state index >= 15 is 0 Å². The molecule has 112 valence electrons. The number of rotatable bonds is 3. The molecule has 4 nitrogen and oxygen atoms in total. The molecule has 0 N–H and O–H groups in total. The van der Waals surface area contributed by atoms with Crippen molar-refractivity contribution < 1.29 is 0 Å². The van der Waals surface area contributed by atoms with E-state index in [0.29, 0.717) is 10.8 Å². The van der Waals surface area contributed by atoms with Crippen molar-refractivity contribution in [2.24, 2.45) is 0 Å². The Kier molecular flexibility index (Phi) is 3.98. The van der Waals surface area contributed by atoms with Gasteiger partial charge in [0.15, 0.2) is 5.16 Å². The van der Waals surface area contributed by atoms with Gasteiger partial charge in [-0.05, 0) is 49.6 Å². The highest BCUT2D eigenvalue weighted by Crippen LogP contribution is 2.22. The predicted octanol–water partition coefficient (Wildman–Crippen LogP) is 3.31. The van der Waals surface area contributed by atoms with Crippen molar-refractivity contribution in [3.05, 3.63) is 69.3 Å². The number of fused-ring (bicyclic) bond motifs is 1. The van der Waals surface area contributed by atoms with Crippen LogP contribution < -0.4 is 5.69 Å². The molecule has 0 fully saturated rings. The molecule has 2 heterocycles. The van der Waals surface area contributed by atoms with Crippen molar-refractivity contribution in [2.75, 3.05) is 0 Å². The predicted molar refractivity (Wildman–Crippen MR) is 89.5 cm³/mol. The summed E-state index contributed by atoms with van der Waals surface area (Å²) in [4.78, 5) is 20.6. The third-order valence-electron chi connectivity index (χ3n) is 3.56. The molecule has 3 aromatic rings. The van der Waals surface area contributed by atoms with E-state index in [1.54, 1.807) is 6.20 Å². The average Bonchev–Trinajstić information content (AvgIpc) is 2.47. The molecule has 0 aliphatic heterocycles.